The standard InChI is InChI=1S/C19H24N2O4S2/c1-21(2)15-8-6-14(7-9-15)16-10-11-17(26-16)27(24,25)20-19(18(22)23)12-4-3-5-13-19/h6-11,20H,3-5,12-13H2,1-2H3,(H,22,23). The van der Waals surface area contributed by atoms with Crippen LogP contribution in [0.4, 0.5) is 5.69 Å². The molecule has 0 amide bonds. The van der Waals surface area contributed by atoms with E-state index in [1.54, 1.807) is 12.1 Å². The highest BCUT2D eigenvalue weighted by molar-refractivity contribution is 7.91. The molecule has 0 atom stereocenters. The highest BCUT2D eigenvalue weighted by atomic mass is 32.2. The average Bonchev–Trinajstić information content (AvgIpc) is 3.13. The van der Waals surface area contributed by atoms with E-state index < -0.39 is 21.5 Å². The molecule has 1 aromatic heterocycles. The molecule has 1 aliphatic rings. The summed E-state index contributed by atoms with van der Waals surface area (Å²) in [5.41, 5.74) is 0.595. The Bertz CT molecular complexity index is 911. The largest absolute Gasteiger partial charge is 0.480 e. The van der Waals surface area contributed by atoms with Gasteiger partial charge in [-0.3, -0.25) is 4.79 Å². The number of carboxylic acids is 1. The lowest BCUT2D eigenvalue weighted by atomic mass is 9.83. The summed E-state index contributed by atoms with van der Waals surface area (Å²) in [6.07, 6.45) is 3.01. The zero-order chi connectivity index (χ0) is 19.7. The Kier molecular flexibility index (Phi) is 5.60. The Balaban J connectivity index is 1.85. The molecule has 0 spiro atoms. The lowest BCUT2D eigenvalue weighted by Gasteiger charge is -2.33. The number of rotatable bonds is 6. The minimum atomic E-state index is -3.89. The molecule has 1 aliphatic carbocycles. The van der Waals surface area contributed by atoms with Crippen LogP contribution in [0.15, 0.2) is 40.6 Å². The van der Waals surface area contributed by atoms with Crippen molar-refractivity contribution in [2.24, 2.45) is 0 Å². The van der Waals surface area contributed by atoms with Gasteiger partial charge in [-0.2, -0.15) is 4.72 Å². The van der Waals surface area contributed by atoms with Gasteiger partial charge in [-0.1, -0.05) is 31.4 Å². The first kappa shape index (κ1) is 19.9. The van der Waals surface area contributed by atoms with Crippen LogP contribution in [0.1, 0.15) is 32.1 Å². The number of carbonyl (C=O) groups is 1. The molecule has 2 aromatic rings. The highest BCUT2D eigenvalue weighted by Gasteiger charge is 2.43. The van der Waals surface area contributed by atoms with Crippen molar-refractivity contribution in [3.63, 3.8) is 0 Å². The van der Waals surface area contributed by atoms with Crippen LogP contribution >= 0.6 is 11.3 Å². The second kappa shape index (κ2) is 7.61. The van der Waals surface area contributed by atoms with Gasteiger partial charge in [0.25, 0.3) is 10.0 Å². The molecule has 3 rings (SSSR count). The minimum absolute atomic E-state index is 0.139. The fourth-order valence-corrected chi connectivity index (χ4v) is 6.10. The lowest BCUT2D eigenvalue weighted by molar-refractivity contribution is -0.145. The maximum Gasteiger partial charge on any atom is 0.324 e. The van der Waals surface area contributed by atoms with Gasteiger partial charge in [0.05, 0.1) is 0 Å². The molecule has 146 valence electrons. The monoisotopic (exact) mass is 408 g/mol. The molecule has 1 saturated carbocycles. The number of anilines is 1. The Morgan fingerprint density at radius 2 is 1.70 bits per heavy atom. The highest BCUT2D eigenvalue weighted by Crippen LogP contribution is 2.34. The quantitative estimate of drug-likeness (QED) is 0.763. The summed E-state index contributed by atoms with van der Waals surface area (Å²) >= 11 is 1.15. The number of hydrogen-bond acceptors (Lipinski definition) is 5. The number of aliphatic carboxylic acids is 1. The molecule has 2 N–H and O–H groups in total. The van der Waals surface area contributed by atoms with Gasteiger partial charge in [0.1, 0.15) is 9.75 Å². The SMILES string of the molecule is CN(C)c1ccc(-c2ccc(S(=O)(=O)NC3(C(=O)O)CCCCC3)s2)cc1. The molecule has 8 heteroatoms. The summed E-state index contributed by atoms with van der Waals surface area (Å²) in [5, 5.41) is 9.63. The predicted octanol–water partition coefficient (Wildman–Crippen LogP) is 3.55. The van der Waals surface area contributed by atoms with Crippen molar-refractivity contribution in [3.05, 3.63) is 36.4 Å². The molecule has 1 fully saturated rings. The van der Waals surface area contributed by atoms with E-state index in [1.807, 2.05) is 43.3 Å². The molecular weight excluding hydrogens is 384 g/mol. The van der Waals surface area contributed by atoms with Crippen LogP contribution in [0.5, 0.6) is 0 Å². The third kappa shape index (κ3) is 4.17. The van der Waals surface area contributed by atoms with E-state index >= 15 is 0 Å². The molecule has 0 aliphatic heterocycles. The van der Waals surface area contributed by atoms with Crippen LogP contribution in [-0.2, 0) is 14.8 Å². The third-order valence-electron chi connectivity index (χ3n) is 4.96. The normalized spacial score (nSPS) is 16.8. The fraction of sp³-hybridized carbons (Fsp3) is 0.421. The van der Waals surface area contributed by atoms with Gasteiger partial charge < -0.3 is 10.0 Å². The van der Waals surface area contributed by atoms with E-state index in [4.69, 9.17) is 0 Å². The summed E-state index contributed by atoms with van der Waals surface area (Å²) in [6, 6.07) is 11.2. The zero-order valence-corrected chi connectivity index (χ0v) is 17.1. The number of nitrogens with zero attached hydrogens (tertiary/aromatic N) is 1. The first-order valence-corrected chi connectivity index (χ1v) is 11.2. The van der Waals surface area contributed by atoms with Crippen molar-refractivity contribution in [1.82, 2.24) is 4.72 Å². The molecular formula is C19H24N2O4S2. The lowest BCUT2D eigenvalue weighted by Crippen LogP contribution is -2.55. The molecule has 0 unspecified atom stereocenters. The first-order valence-electron chi connectivity index (χ1n) is 8.88. The van der Waals surface area contributed by atoms with E-state index in [-0.39, 0.29) is 4.21 Å². The molecule has 0 saturated heterocycles. The van der Waals surface area contributed by atoms with Crippen LogP contribution < -0.4 is 9.62 Å². The molecule has 27 heavy (non-hydrogen) atoms. The third-order valence-corrected chi connectivity index (χ3v) is 8.12. The summed E-state index contributed by atoms with van der Waals surface area (Å²) in [6.45, 7) is 0. The molecule has 6 nitrogen and oxygen atoms in total. The topological polar surface area (TPSA) is 86.7 Å². The van der Waals surface area contributed by atoms with E-state index in [0.29, 0.717) is 25.7 Å². The summed E-state index contributed by atoms with van der Waals surface area (Å²) in [7, 11) is 0.0241. The van der Waals surface area contributed by atoms with Crippen LogP contribution in [0.3, 0.4) is 0 Å². The molecule has 0 bridgehead atoms. The van der Waals surface area contributed by atoms with Crippen molar-refractivity contribution in [1.29, 1.82) is 0 Å². The van der Waals surface area contributed by atoms with Gasteiger partial charge in [-0.15, -0.1) is 11.3 Å². The number of benzene rings is 1. The number of carboxylic acid groups (broad SMARTS) is 1. The van der Waals surface area contributed by atoms with Crippen molar-refractivity contribution < 1.29 is 18.3 Å². The first-order chi connectivity index (χ1) is 12.7. The number of nitrogens with one attached hydrogen (secondary N) is 1. The summed E-state index contributed by atoms with van der Waals surface area (Å²) < 4.78 is 28.3. The smallest absolute Gasteiger partial charge is 0.324 e. The van der Waals surface area contributed by atoms with E-state index in [1.165, 1.54) is 0 Å². The van der Waals surface area contributed by atoms with Gasteiger partial charge in [0.2, 0.25) is 0 Å². The number of hydrogen-bond donors (Lipinski definition) is 2. The van der Waals surface area contributed by atoms with Crippen molar-refractivity contribution >= 4 is 33.0 Å². The van der Waals surface area contributed by atoms with Crippen LogP contribution in [0.25, 0.3) is 10.4 Å². The molecule has 1 aromatic carbocycles. The zero-order valence-electron chi connectivity index (χ0n) is 15.4. The van der Waals surface area contributed by atoms with Crippen LogP contribution in [-0.4, -0.2) is 39.1 Å². The van der Waals surface area contributed by atoms with E-state index in [2.05, 4.69) is 4.72 Å². The maximum absolute atomic E-state index is 12.8. The Hall–Kier alpha value is -1.90. The Morgan fingerprint density at radius 1 is 1.07 bits per heavy atom. The minimum Gasteiger partial charge on any atom is -0.480 e. The van der Waals surface area contributed by atoms with Crippen LogP contribution in [0.2, 0.25) is 0 Å². The predicted molar refractivity (Wildman–Crippen MR) is 108 cm³/mol. The molecule has 1 heterocycles. The van der Waals surface area contributed by atoms with Crippen molar-refractivity contribution in [2.75, 3.05) is 19.0 Å². The van der Waals surface area contributed by atoms with Gasteiger partial charge >= 0.3 is 5.97 Å². The second-order valence-electron chi connectivity index (χ2n) is 7.11. The fourth-order valence-electron chi connectivity index (χ4n) is 3.37. The Labute approximate surface area is 163 Å². The van der Waals surface area contributed by atoms with Crippen molar-refractivity contribution in [2.45, 2.75) is 41.9 Å². The molecule has 0 radical (unpaired) electrons. The Morgan fingerprint density at radius 3 is 2.26 bits per heavy atom. The summed E-state index contributed by atoms with van der Waals surface area (Å²) in [5.74, 6) is -1.10. The van der Waals surface area contributed by atoms with Crippen molar-refractivity contribution in [3.8, 4) is 10.4 Å². The number of thiophene rings is 1. The maximum atomic E-state index is 12.8. The van der Waals surface area contributed by atoms with Gasteiger partial charge in [0, 0.05) is 24.7 Å². The number of sulfonamides is 1. The van der Waals surface area contributed by atoms with E-state index in [9.17, 15) is 18.3 Å². The summed E-state index contributed by atoms with van der Waals surface area (Å²) in [4.78, 5) is 14.6. The van der Waals surface area contributed by atoms with Crippen LogP contribution in [0, 0.1) is 0 Å². The van der Waals surface area contributed by atoms with Gasteiger partial charge in [0.15, 0.2) is 0 Å². The second-order valence-corrected chi connectivity index (χ2v) is 10.1. The van der Waals surface area contributed by atoms with Gasteiger partial charge in [-0.05, 0) is 42.7 Å². The van der Waals surface area contributed by atoms with E-state index in [0.717, 1.165) is 33.9 Å². The average molecular weight is 409 g/mol. The van der Waals surface area contributed by atoms with Gasteiger partial charge in [-0.25, -0.2) is 8.42 Å².